The third-order valence-corrected chi connectivity index (χ3v) is 9.02. The molecule has 11 heteroatoms. The Morgan fingerprint density at radius 2 is 2.00 bits per heavy atom. The Morgan fingerprint density at radius 3 is 2.76 bits per heavy atom. The highest BCUT2D eigenvalue weighted by Gasteiger charge is 2.35. The maximum Gasteiger partial charge on any atom is 0.304 e. The maximum absolute atomic E-state index is 12.0. The lowest BCUT2D eigenvalue weighted by Gasteiger charge is -2.41. The lowest BCUT2D eigenvalue weighted by Crippen LogP contribution is -2.33. The van der Waals surface area contributed by atoms with Gasteiger partial charge in [0, 0.05) is 25.7 Å². The van der Waals surface area contributed by atoms with Gasteiger partial charge in [-0.15, -0.1) is 15.9 Å². The molecule has 1 aliphatic heterocycles. The third kappa shape index (κ3) is 4.73. The van der Waals surface area contributed by atoms with Gasteiger partial charge in [0.25, 0.3) is 0 Å². The summed E-state index contributed by atoms with van der Waals surface area (Å²) in [6.45, 7) is 6.29. The van der Waals surface area contributed by atoms with E-state index in [0.29, 0.717) is 0 Å². The van der Waals surface area contributed by atoms with Crippen molar-refractivity contribution in [3.63, 3.8) is 0 Å². The van der Waals surface area contributed by atoms with Crippen LogP contribution >= 0.6 is 10.8 Å². The minimum Gasteiger partial charge on any atom is -0.481 e. The van der Waals surface area contributed by atoms with Crippen LogP contribution in [0, 0.1) is 13.8 Å². The van der Waals surface area contributed by atoms with Gasteiger partial charge in [0.1, 0.15) is 16.5 Å². The number of rotatable bonds is 6. The second kappa shape index (κ2) is 9.99. The van der Waals surface area contributed by atoms with Crippen LogP contribution in [0.15, 0.2) is 53.6 Å². The first-order chi connectivity index (χ1) is 18.1. The molecule has 10 nitrogen and oxygen atoms in total. The highest BCUT2D eigenvalue weighted by Crippen LogP contribution is 2.56. The molecular weight excluding hydrogens is 506 g/mol. The minimum atomic E-state index is -3.37. The summed E-state index contributed by atoms with van der Waals surface area (Å²) >= 11 is 0. The normalized spacial score (nSPS) is 18.8. The highest BCUT2D eigenvalue weighted by molar-refractivity contribution is 8.22. The Morgan fingerprint density at radius 1 is 1.21 bits per heavy atom. The molecule has 5 rings (SSSR count). The van der Waals surface area contributed by atoms with Crippen LogP contribution in [0.25, 0.3) is 11.0 Å². The number of fused-ring (bicyclic) bond motifs is 2. The van der Waals surface area contributed by atoms with Gasteiger partial charge in [-0.05, 0) is 66.8 Å². The first kappa shape index (κ1) is 26.1. The van der Waals surface area contributed by atoms with Gasteiger partial charge in [0.05, 0.1) is 18.5 Å². The lowest BCUT2D eigenvalue weighted by molar-refractivity contribution is -0.137. The first-order valence-corrected chi connectivity index (χ1v) is 13.8. The molecule has 0 amide bonds. The van der Waals surface area contributed by atoms with Crippen LogP contribution in [0.2, 0.25) is 0 Å². The Kier molecular flexibility index (Phi) is 6.86. The number of carbonyl (C=O) groups is 1. The van der Waals surface area contributed by atoms with Gasteiger partial charge < -0.3 is 9.84 Å². The van der Waals surface area contributed by atoms with Gasteiger partial charge in [-0.25, -0.2) is 9.67 Å². The molecule has 200 valence electrons. The zero-order chi connectivity index (χ0) is 27.2. The molecule has 0 bridgehead atoms. The summed E-state index contributed by atoms with van der Waals surface area (Å²) in [5.74, 6) is -1.10. The molecule has 0 aliphatic carbocycles. The number of benzene rings is 2. The molecule has 0 saturated heterocycles. The van der Waals surface area contributed by atoms with Crippen molar-refractivity contribution in [3.8, 4) is 5.88 Å². The summed E-state index contributed by atoms with van der Waals surface area (Å²) in [6, 6.07) is 13.0. The van der Waals surface area contributed by atoms with Crippen molar-refractivity contribution in [3.05, 3.63) is 76.5 Å². The Bertz CT molecular complexity index is 1520. The molecule has 2 aromatic carbocycles. The number of aliphatic carboxylic acids is 1. The molecule has 0 radical (unpaired) electrons. The third-order valence-electron chi connectivity index (χ3n) is 7.12. The smallest absolute Gasteiger partial charge is 0.304 e. The summed E-state index contributed by atoms with van der Waals surface area (Å²) in [7, 11) is -1.54. The summed E-state index contributed by atoms with van der Waals surface area (Å²) in [5.41, 5.74) is 6.04. The number of nitrogens with zero attached hydrogens (tertiary/aromatic N) is 5. The van der Waals surface area contributed by atoms with E-state index in [1.807, 2.05) is 58.2 Å². The van der Waals surface area contributed by atoms with E-state index in [2.05, 4.69) is 15.3 Å². The van der Waals surface area contributed by atoms with Crippen LogP contribution in [-0.2, 0) is 18.4 Å². The fourth-order valence-electron chi connectivity index (χ4n) is 5.06. The second-order valence-corrected chi connectivity index (χ2v) is 11.8. The van der Waals surface area contributed by atoms with Crippen molar-refractivity contribution in [2.45, 2.75) is 50.7 Å². The number of carboxylic acids is 1. The number of hydrogen-bond donors (Lipinski definition) is 3. The van der Waals surface area contributed by atoms with Crippen LogP contribution in [0.5, 0.6) is 5.88 Å². The van der Waals surface area contributed by atoms with Gasteiger partial charge in [0.15, 0.2) is 0 Å². The van der Waals surface area contributed by atoms with Crippen LogP contribution in [0.1, 0.15) is 47.1 Å². The van der Waals surface area contributed by atoms with Crippen LogP contribution in [0.4, 0.5) is 0 Å². The van der Waals surface area contributed by atoms with Crippen LogP contribution < -0.4 is 4.74 Å². The number of aromatic nitrogens is 4. The number of aryl methyl sites for hydroxylation is 3. The molecule has 38 heavy (non-hydrogen) atoms. The number of carboxylic acid groups (broad SMARTS) is 1. The van der Waals surface area contributed by atoms with E-state index < -0.39 is 22.7 Å². The van der Waals surface area contributed by atoms with Crippen LogP contribution in [0.3, 0.4) is 0 Å². The molecule has 4 aromatic rings. The van der Waals surface area contributed by atoms with E-state index in [1.165, 1.54) is 0 Å². The van der Waals surface area contributed by atoms with Gasteiger partial charge in [-0.1, -0.05) is 29.5 Å². The van der Waals surface area contributed by atoms with E-state index in [4.69, 9.17) is 4.74 Å². The molecule has 3 N–H and O–H groups in total. The van der Waals surface area contributed by atoms with E-state index in [-0.39, 0.29) is 36.4 Å². The van der Waals surface area contributed by atoms with E-state index >= 15 is 0 Å². The largest absolute Gasteiger partial charge is 0.481 e. The monoisotopic (exact) mass is 537 g/mol. The SMILES string of the molecule is Cc1ccc(C(CC(=O)O)c2ccc3c(nnn3C)c2C)cc1CN1CC(C)Oc2ncccc2S1(O)O. The van der Waals surface area contributed by atoms with Crippen molar-refractivity contribution in [2.24, 2.45) is 7.05 Å². The lowest BCUT2D eigenvalue weighted by atomic mass is 9.84. The summed E-state index contributed by atoms with van der Waals surface area (Å²) in [6.07, 6.45) is 1.15. The highest BCUT2D eigenvalue weighted by atomic mass is 32.3. The Labute approximate surface area is 222 Å². The summed E-state index contributed by atoms with van der Waals surface area (Å²) < 4.78 is 31.8. The molecular formula is C27H31N5O5S. The van der Waals surface area contributed by atoms with Crippen molar-refractivity contribution < 1.29 is 23.7 Å². The summed E-state index contributed by atoms with van der Waals surface area (Å²) in [4.78, 5) is 16.4. The molecule has 2 atom stereocenters. The molecule has 2 unspecified atom stereocenters. The second-order valence-electron chi connectivity index (χ2n) is 9.77. The topological polar surface area (TPSA) is 134 Å². The molecule has 1 aliphatic rings. The fourth-order valence-corrected chi connectivity index (χ4v) is 6.67. The molecule has 2 aromatic heterocycles. The number of ether oxygens (including phenoxy) is 1. The fraction of sp³-hybridized carbons (Fsp3) is 0.333. The van der Waals surface area contributed by atoms with Gasteiger partial charge in [-0.2, -0.15) is 4.31 Å². The predicted molar refractivity (Wildman–Crippen MR) is 144 cm³/mol. The minimum absolute atomic E-state index is 0.0993. The average Bonchev–Trinajstić information content (AvgIpc) is 3.21. The first-order valence-electron chi connectivity index (χ1n) is 12.3. The Balaban J connectivity index is 1.54. The van der Waals surface area contributed by atoms with Gasteiger partial charge in [-0.3, -0.25) is 13.9 Å². The predicted octanol–water partition coefficient (Wildman–Crippen LogP) is 4.89. The number of pyridine rings is 1. The van der Waals surface area contributed by atoms with Gasteiger partial charge >= 0.3 is 5.97 Å². The standard InChI is InChI=1S/C27H31N5O5S/c1-16-7-8-19(22(13-25(33)34)21-9-10-23-26(18(21)3)29-30-31(23)4)12-20(16)15-32-14-17(2)37-27-24(38(32,35)36)6-5-11-28-27/h5-12,17,22,35-36H,13-15H2,1-4H3,(H,33,34). The van der Waals surface area contributed by atoms with E-state index in [9.17, 15) is 19.0 Å². The number of hydrogen-bond acceptors (Lipinski definition) is 8. The van der Waals surface area contributed by atoms with Gasteiger partial charge in [0.2, 0.25) is 5.88 Å². The molecule has 0 fully saturated rings. The van der Waals surface area contributed by atoms with Crippen LogP contribution in [-0.4, -0.2) is 57.1 Å². The molecule has 3 heterocycles. The van der Waals surface area contributed by atoms with Crippen molar-refractivity contribution in [1.82, 2.24) is 24.3 Å². The van der Waals surface area contributed by atoms with Crippen molar-refractivity contribution >= 4 is 27.8 Å². The van der Waals surface area contributed by atoms with E-state index in [0.717, 1.165) is 38.9 Å². The molecule has 0 saturated carbocycles. The zero-order valence-electron chi connectivity index (χ0n) is 21.7. The summed E-state index contributed by atoms with van der Waals surface area (Å²) in [5, 5.41) is 18.2. The van der Waals surface area contributed by atoms with Crippen molar-refractivity contribution in [1.29, 1.82) is 0 Å². The van der Waals surface area contributed by atoms with Crippen molar-refractivity contribution in [2.75, 3.05) is 6.54 Å². The molecule has 0 spiro atoms. The Hall–Kier alpha value is -3.51. The average molecular weight is 538 g/mol. The van der Waals surface area contributed by atoms with E-state index in [1.54, 1.807) is 27.3 Å². The quantitative estimate of drug-likeness (QED) is 0.314. The zero-order valence-corrected chi connectivity index (χ0v) is 22.5. The maximum atomic E-state index is 12.0.